The Morgan fingerprint density at radius 3 is 2.00 bits per heavy atom. The molecule has 3 aromatic carbocycles. The number of Topliss-reactive ketones (excluding diaryl/α,β-unsaturated/α-hetero) is 2. The molecule has 29 heavy (non-hydrogen) atoms. The number of nitrogens with one attached hydrogen (secondary N) is 1. The highest BCUT2D eigenvalue weighted by Crippen LogP contribution is 2.29. The molecule has 4 heteroatoms. The molecular weight excluding hydrogens is 362 g/mol. The number of hydrogen-bond donors (Lipinski definition) is 1. The average Bonchev–Trinajstić information content (AvgIpc) is 2.79. The summed E-state index contributed by atoms with van der Waals surface area (Å²) < 4.78 is 0. The van der Waals surface area contributed by atoms with Crippen LogP contribution in [0.1, 0.15) is 61.1 Å². The molecule has 1 atom stereocenters. The van der Waals surface area contributed by atoms with E-state index in [-0.39, 0.29) is 17.5 Å². The fourth-order valence-corrected chi connectivity index (χ4v) is 3.77. The molecule has 0 fully saturated rings. The van der Waals surface area contributed by atoms with E-state index in [0.717, 1.165) is 19.3 Å². The fourth-order valence-electron chi connectivity index (χ4n) is 3.77. The Kier molecular flexibility index (Phi) is 5.34. The number of ketones is 2. The van der Waals surface area contributed by atoms with Gasteiger partial charge in [-0.05, 0) is 42.5 Å². The lowest BCUT2D eigenvalue weighted by molar-refractivity contribution is 0.0817. The lowest BCUT2D eigenvalue weighted by Gasteiger charge is -2.26. The second-order valence-electron chi connectivity index (χ2n) is 7.22. The topological polar surface area (TPSA) is 63.2 Å². The Morgan fingerprint density at radius 2 is 1.28 bits per heavy atom. The SMILES string of the molecule is O=C(N[C@H]1CCCc2ccccc21)c1ccc(C(=O)C(=O)c2ccccc2)cc1. The van der Waals surface area contributed by atoms with E-state index in [1.54, 1.807) is 42.5 Å². The lowest BCUT2D eigenvalue weighted by atomic mass is 9.87. The summed E-state index contributed by atoms with van der Waals surface area (Å²) in [5.74, 6) is -1.31. The summed E-state index contributed by atoms with van der Waals surface area (Å²) >= 11 is 0. The van der Waals surface area contributed by atoms with Gasteiger partial charge in [0.2, 0.25) is 11.6 Å². The highest BCUT2D eigenvalue weighted by atomic mass is 16.2. The van der Waals surface area contributed by atoms with Gasteiger partial charge in [0.15, 0.2) is 0 Å². The van der Waals surface area contributed by atoms with Crippen LogP contribution in [0.2, 0.25) is 0 Å². The third kappa shape index (κ3) is 4.02. The predicted molar refractivity (Wildman–Crippen MR) is 111 cm³/mol. The monoisotopic (exact) mass is 383 g/mol. The molecule has 144 valence electrons. The van der Waals surface area contributed by atoms with Crippen molar-refractivity contribution in [2.24, 2.45) is 0 Å². The fraction of sp³-hybridized carbons (Fsp3) is 0.160. The molecule has 0 unspecified atom stereocenters. The highest BCUT2D eigenvalue weighted by molar-refractivity contribution is 6.49. The number of fused-ring (bicyclic) bond motifs is 1. The number of benzene rings is 3. The zero-order valence-corrected chi connectivity index (χ0v) is 15.9. The summed E-state index contributed by atoms with van der Waals surface area (Å²) in [6, 6.07) is 22.9. The molecule has 1 aliphatic carbocycles. The van der Waals surface area contributed by atoms with Gasteiger partial charge in [0.05, 0.1) is 6.04 Å². The van der Waals surface area contributed by atoms with Crippen LogP contribution in [0.4, 0.5) is 0 Å². The van der Waals surface area contributed by atoms with Gasteiger partial charge in [-0.3, -0.25) is 14.4 Å². The molecule has 0 spiro atoms. The molecule has 4 rings (SSSR count). The van der Waals surface area contributed by atoms with Gasteiger partial charge in [-0.15, -0.1) is 0 Å². The number of aryl methyl sites for hydroxylation is 1. The number of rotatable bonds is 5. The summed E-state index contributed by atoms with van der Waals surface area (Å²) in [7, 11) is 0. The van der Waals surface area contributed by atoms with Crippen LogP contribution in [-0.2, 0) is 6.42 Å². The van der Waals surface area contributed by atoms with Gasteiger partial charge in [0.25, 0.3) is 5.91 Å². The zero-order chi connectivity index (χ0) is 20.2. The molecule has 0 radical (unpaired) electrons. The Bertz CT molecular complexity index is 1050. The molecule has 0 aromatic heterocycles. The Balaban J connectivity index is 1.46. The summed E-state index contributed by atoms with van der Waals surface area (Å²) in [6.45, 7) is 0. The summed E-state index contributed by atoms with van der Waals surface area (Å²) in [5, 5.41) is 3.10. The first-order chi connectivity index (χ1) is 14.1. The van der Waals surface area contributed by atoms with Gasteiger partial charge >= 0.3 is 0 Å². The van der Waals surface area contributed by atoms with E-state index in [1.165, 1.54) is 23.3 Å². The van der Waals surface area contributed by atoms with Crippen molar-refractivity contribution in [2.75, 3.05) is 0 Å². The van der Waals surface area contributed by atoms with Crippen molar-refractivity contribution in [3.63, 3.8) is 0 Å². The summed E-state index contributed by atoms with van der Waals surface area (Å²) in [6.07, 6.45) is 2.98. The Labute approximate surface area is 169 Å². The minimum absolute atomic E-state index is 0.00610. The Hall–Kier alpha value is -3.53. The lowest BCUT2D eigenvalue weighted by Crippen LogP contribution is -2.31. The largest absolute Gasteiger partial charge is 0.345 e. The van der Waals surface area contributed by atoms with Crippen LogP contribution in [0.25, 0.3) is 0 Å². The number of carbonyl (C=O) groups excluding carboxylic acids is 3. The van der Waals surface area contributed by atoms with Gasteiger partial charge in [-0.1, -0.05) is 66.7 Å². The van der Waals surface area contributed by atoms with E-state index < -0.39 is 11.6 Å². The highest BCUT2D eigenvalue weighted by Gasteiger charge is 2.22. The molecule has 0 aliphatic heterocycles. The van der Waals surface area contributed by atoms with Crippen molar-refractivity contribution in [1.29, 1.82) is 0 Å². The third-order valence-electron chi connectivity index (χ3n) is 5.33. The van der Waals surface area contributed by atoms with E-state index in [9.17, 15) is 14.4 Å². The average molecular weight is 383 g/mol. The van der Waals surface area contributed by atoms with Crippen LogP contribution < -0.4 is 5.32 Å². The summed E-state index contributed by atoms with van der Waals surface area (Å²) in [5.41, 5.74) is 3.56. The van der Waals surface area contributed by atoms with Crippen LogP contribution in [0.15, 0.2) is 78.9 Å². The van der Waals surface area contributed by atoms with Gasteiger partial charge in [-0.25, -0.2) is 0 Å². The first-order valence-corrected chi connectivity index (χ1v) is 9.76. The van der Waals surface area contributed by atoms with Gasteiger partial charge in [0, 0.05) is 16.7 Å². The first kappa shape index (κ1) is 18.8. The molecule has 0 saturated carbocycles. The number of carbonyl (C=O) groups is 3. The van der Waals surface area contributed by atoms with Crippen LogP contribution in [0.5, 0.6) is 0 Å². The molecule has 1 amide bonds. The smallest absolute Gasteiger partial charge is 0.251 e. The third-order valence-corrected chi connectivity index (χ3v) is 5.33. The van der Waals surface area contributed by atoms with Crippen molar-refractivity contribution in [1.82, 2.24) is 5.32 Å². The second kappa shape index (κ2) is 8.23. The summed E-state index contributed by atoms with van der Waals surface area (Å²) in [4.78, 5) is 37.4. The molecule has 1 N–H and O–H groups in total. The maximum atomic E-state index is 12.7. The van der Waals surface area contributed by atoms with Crippen molar-refractivity contribution < 1.29 is 14.4 Å². The van der Waals surface area contributed by atoms with E-state index >= 15 is 0 Å². The zero-order valence-electron chi connectivity index (χ0n) is 15.9. The van der Waals surface area contributed by atoms with Gasteiger partial charge in [-0.2, -0.15) is 0 Å². The predicted octanol–water partition coefficient (Wildman–Crippen LogP) is 4.56. The normalized spacial score (nSPS) is 15.2. The van der Waals surface area contributed by atoms with E-state index in [2.05, 4.69) is 17.4 Å². The van der Waals surface area contributed by atoms with Crippen LogP contribution in [0, 0.1) is 0 Å². The molecule has 0 bridgehead atoms. The number of amides is 1. The minimum Gasteiger partial charge on any atom is -0.345 e. The molecule has 0 heterocycles. The standard InChI is InChI=1S/C25H21NO3/c27-23(18-8-2-1-3-9-18)24(28)19-13-15-20(16-14-19)25(29)26-22-12-6-10-17-7-4-5-11-21(17)22/h1-5,7-9,11,13-16,22H,6,10,12H2,(H,26,29)/t22-/m0/s1. The van der Waals surface area contributed by atoms with E-state index in [0.29, 0.717) is 11.1 Å². The van der Waals surface area contributed by atoms with Crippen LogP contribution in [0.3, 0.4) is 0 Å². The Morgan fingerprint density at radius 1 is 0.690 bits per heavy atom. The van der Waals surface area contributed by atoms with Crippen molar-refractivity contribution in [2.45, 2.75) is 25.3 Å². The van der Waals surface area contributed by atoms with Crippen molar-refractivity contribution >= 4 is 17.5 Å². The van der Waals surface area contributed by atoms with E-state index in [4.69, 9.17) is 0 Å². The quantitative estimate of drug-likeness (QED) is 0.519. The maximum absolute atomic E-state index is 12.7. The van der Waals surface area contributed by atoms with Crippen LogP contribution in [-0.4, -0.2) is 17.5 Å². The first-order valence-electron chi connectivity index (χ1n) is 9.76. The molecular formula is C25H21NO3. The molecule has 3 aromatic rings. The number of hydrogen-bond acceptors (Lipinski definition) is 3. The van der Waals surface area contributed by atoms with Crippen LogP contribution >= 0.6 is 0 Å². The molecule has 4 nitrogen and oxygen atoms in total. The maximum Gasteiger partial charge on any atom is 0.251 e. The van der Waals surface area contributed by atoms with Gasteiger partial charge in [0.1, 0.15) is 0 Å². The van der Waals surface area contributed by atoms with E-state index in [1.807, 2.05) is 12.1 Å². The second-order valence-corrected chi connectivity index (χ2v) is 7.22. The molecule has 1 aliphatic rings. The van der Waals surface area contributed by atoms with Crippen molar-refractivity contribution in [3.05, 3.63) is 107 Å². The molecule has 0 saturated heterocycles. The van der Waals surface area contributed by atoms with Gasteiger partial charge < -0.3 is 5.32 Å². The van der Waals surface area contributed by atoms with Crippen molar-refractivity contribution in [3.8, 4) is 0 Å². The minimum atomic E-state index is -0.579.